The third-order valence-corrected chi connectivity index (χ3v) is 3.79. The van der Waals surface area contributed by atoms with Gasteiger partial charge in [-0.05, 0) is 48.1 Å². The lowest BCUT2D eigenvalue weighted by atomic mass is 10.1. The van der Waals surface area contributed by atoms with Crippen LogP contribution in [-0.4, -0.2) is 13.0 Å². The fourth-order valence-corrected chi connectivity index (χ4v) is 2.72. The fourth-order valence-electron chi connectivity index (χ4n) is 2.72. The van der Waals surface area contributed by atoms with Gasteiger partial charge in [0.15, 0.2) is 5.76 Å². The first-order chi connectivity index (χ1) is 10.3. The van der Waals surface area contributed by atoms with Gasteiger partial charge in [-0.2, -0.15) is 0 Å². The zero-order valence-electron chi connectivity index (χ0n) is 12.1. The maximum atomic E-state index is 12.0. The number of rotatable bonds is 5. The van der Waals surface area contributed by atoms with E-state index in [-0.39, 0.29) is 5.91 Å². The molecule has 0 fully saturated rings. The highest BCUT2D eigenvalue weighted by atomic mass is 16.5. The average Bonchev–Trinajstić information content (AvgIpc) is 3.13. The molecule has 0 atom stereocenters. The molecule has 4 heteroatoms. The zero-order valence-corrected chi connectivity index (χ0v) is 12.1. The third kappa shape index (κ3) is 3.16. The smallest absolute Gasteiger partial charge is 0.287 e. The van der Waals surface area contributed by atoms with E-state index in [1.54, 1.807) is 19.2 Å². The number of nitrogens with one attached hydrogen (secondary N) is 1. The predicted molar refractivity (Wildman–Crippen MR) is 79.1 cm³/mol. The van der Waals surface area contributed by atoms with Gasteiger partial charge in [0, 0.05) is 13.7 Å². The Balaban J connectivity index is 1.60. The number of fused-ring (bicyclic) bond motifs is 1. The molecule has 0 saturated heterocycles. The second-order valence-electron chi connectivity index (χ2n) is 5.34. The van der Waals surface area contributed by atoms with Gasteiger partial charge in [0.05, 0.1) is 0 Å². The third-order valence-electron chi connectivity index (χ3n) is 3.79. The molecule has 0 spiro atoms. The van der Waals surface area contributed by atoms with E-state index in [0.717, 1.165) is 12.0 Å². The van der Waals surface area contributed by atoms with Gasteiger partial charge in [-0.3, -0.25) is 4.79 Å². The summed E-state index contributed by atoms with van der Waals surface area (Å²) in [5.41, 5.74) is 4.00. The standard InChI is InChI=1S/C17H19NO3/c1-20-11-15-7-8-16(21-15)17(19)18-10-12-5-6-13-3-2-4-14(13)9-12/h5-9H,2-4,10-11H2,1H3,(H,18,19). The van der Waals surface area contributed by atoms with Crippen LogP contribution in [0, 0.1) is 0 Å². The van der Waals surface area contributed by atoms with Crippen LogP contribution >= 0.6 is 0 Å². The van der Waals surface area contributed by atoms with Crippen molar-refractivity contribution in [3.05, 3.63) is 58.5 Å². The molecule has 3 rings (SSSR count). The van der Waals surface area contributed by atoms with Crippen molar-refractivity contribution >= 4 is 5.91 Å². The van der Waals surface area contributed by atoms with E-state index in [4.69, 9.17) is 9.15 Å². The lowest BCUT2D eigenvalue weighted by Gasteiger charge is -2.06. The van der Waals surface area contributed by atoms with Crippen molar-refractivity contribution in [2.24, 2.45) is 0 Å². The Kier molecular flexibility index (Phi) is 4.06. The minimum Gasteiger partial charge on any atom is -0.453 e. The van der Waals surface area contributed by atoms with Crippen molar-refractivity contribution in [3.63, 3.8) is 0 Å². The van der Waals surface area contributed by atoms with Gasteiger partial charge in [-0.15, -0.1) is 0 Å². The number of amides is 1. The van der Waals surface area contributed by atoms with Gasteiger partial charge in [0.1, 0.15) is 12.4 Å². The van der Waals surface area contributed by atoms with E-state index in [1.807, 2.05) is 0 Å². The normalized spacial score (nSPS) is 13.2. The highest BCUT2D eigenvalue weighted by Crippen LogP contribution is 2.22. The Labute approximate surface area is 124 Å². The summed E-state index contributed by atoms with van der Waals surface area (Å²) in [6, 6.07) is 9.89. The van der Waals surface area contributed by atoms with Crippen LogP contribution in [0.5, 0.6) is 0 Å². The molecule has 0 aliphatic heterocycles. The molecule has 1 heterocycles. The van der Waals surface area contributed by atoms with Crippen molar-refractivity contribution in [2.75, 3.05) is 7.11 Å². The maximum absolute atomic E-state index is 12.0. The molecule has 1 aromatic carbocycles. The highest BCUT2D eigenvalue weighted by Gasteiger charge is 2.13. The van der Waals surface area contributed by atoms with E-state index in [9.17, 15) is 4.79 Å². The molecule has 1 aliphatic rings. The number of carbonyl (C=O) groups is 1. The number of hydrogen-bond acceptors (Lipinski definition) is 3. The number of ether oxygens (including phenoxy) is 1. The SMILES string of the molecule is COCc1ccc(C(=O)NCc2ccc3c(c2)CCC3)o1. The van der Waals surface area contributed by atoms with Gasteiger partial charge in [-0.1, -0.05) is 18.2 Å². The molecule has 1 amide bonds. The first kappa shape index (κ1) is 13.9. The van der Waals surface area contributed by atoms with Gasteiger partial charge in [-0.25, -0.2) is 0 Å². The van der Waals surface area contributed by atoms with Crippen LogP contribution in [0.25, 0.3) is 0 Å². The summed E-state index contributed by atoms with van der Waals surface area (Å²) in [4.78, 5) is 12.0. The van der Waals surface area contributed by atoms with Gasteiger partial charge in [0.2, 0.25) is 0 Å². The second-order valence-corrected chi connectivity index (χ2v) is 5.34. The average molecular weight is 285 g/mol. The van der Waals surface area contributed by atoms with Gasteiger partial charge >= 0.3 is 0 Å². The van der Waals surface area contributed by atoms with Gasteiger partial charge < -0.3 is 14.5 Å². The molecule has 1 aliphatic carbocycles. The van der Waals surface area contributed by atoms with Crippen LogP contribution in [0.3, 0.4) is 0 Å². The van der Waals surface area contributed by atoms with E-state index in [0.29, 0.717) is 24.7 Å². The first-order valence-corrected chi connectivity index (χ1v) is 7.23. The monoisotopic (exact) mass is 285 g/mol. The Bertz CT molecular complexity index is 645. The number of carbonyl (C=O) groups excluding carboxylic acids is 1. The molecule has 4 nitrogen and oxygen atoms in total. The topological polar surface area (TPSA) is 51.5 Å². The Morgan fingerprint density at radius 1 is 1.24 bits per heavy atom. The summed E-state index contributed by atoms with van der Waals surface area (Å²) in [7, 11) is 1.59. The second kappa shape index (κ2) is 6.14. The Hall–Kier alpha value is -2.07. The zero-order chi connectivity index (χ0) is 14.7. The van der Waals surface area contributed by atoms with Crippen LogP contribution in [-0.2, 0) is 30.7 Å². The summed E-state index contributed by atoms with van der Waals surface area (Å²) in [6.45, 7) is 0.893. The molecular formula is C17H19NO3. The molecule has 1 aromatic heterocycles. The van der Waals surface area contributed by atoms with E-state index < -0.39 is 0 Å². The van der Waals surface area contributed by atoms with Crippen LogP contribution in [0.15, 0.2) is 34.7 Å². The van der Waals surface area contributed by atoms with Crippen molar-refractivity contribution < 1.29 is 13.9 Å². The molecule has 21 heavy (non-hydrogen) atoms. The van der Waals surface area contributed by atoms with Crippen LogP contribution in [0.2, 0.25) is 0 Å². The first-order valence-electron chi connectivity index (χ1n) is 7.23. The lowest BCUT2D eigenvalue weighted by molar-refractivity contribution is 0.0914. The summed E-state index contributed by atoms with van der Waals surface area (Å²) < 4.78 is 10.4. The van der Waals surface area contributed by atoms with Crippen molar-refractivity contribution in [3.8, 4) is 0 Å². The molecule has 1 N–H and O–H groups in total. The maximum Gasteiger partial charge on any atom is 0.287 e. The molecule has 110 valence electrons. The largest absolute Gasteiger partial charge is 0.453 e. The summed E-state index contributed by atoms with van der Waals surface area (Å²) in [6.07, 6.45) is 3.56. The van der Waals surface area contributed by atoms with E-state index >= 15 is 0 Å². The minimum absolute atomic E-state index is 0.196. The molecule has 2 aromatic rings. The van der Waals surface area contributed by atoms with Crippen molar-refractivity contribution in [1.82, 2.24) is 5.32 Å². The number of benzene rings is 1. The number of hydrogen-bond donors (Lipinski definition) is 1. The molecule has 0 radical (unpaired) electrons. The highest BCUT2D eigenvalue weighted by molar-refractivity contribution is 5.91. The minimum atomic E-state index is -0.196. The summed E-state index contributed by atoms with van der Waals surface area (Å²) in [5, 5.41) is 2.89. The van der Waals surface area contributed by atoms with Crippen LogP contribution in [0.1, 0.15) is 39.4 Å². The van der Waals surface area contributed by atoms with Crippen LogP contribution in [0.4, 0.5) is 0 Å². The van der Waals surface area contributed by atoms with E-state index in [2.05, 4.69) is 23.5 Å². The number of aryl methyl sites for hydroxylation is 2. The molecule has 0 unspecified atom stereocenters. The lowest BCUT2D eigenvalue weighted by Crippen LogP contribution is -2.22. The summed E-state index contributed by atoms with van der Waals surface area (Å²) in [5.74, 6) is 0.779. The number of methoxy groups -OCH3 is 1. The van der Waals surface area contributed by atoms with Crippen molar-refractivity contribution in [1.29, 1.82) is 0 Å². The Morgan fingerprint density at radius 2 is 2.10 bits per heavy atom. The van der Waals surface area contributed by atoms with E-state index in [1.165, 1.54) is 24.0 Å². The van der Waals surface area contributed by atoms with Crippen LogP contribution < -0.4 is 5.32 Å². The Morgan fingerprint density at radius 3 is 2.95 bits per heavy atom. The van der Waals surface area contributed by atoms with Crippen molar-refractivity contribution in [2.45, 2.75) is 32.4 Å². The predicted octanol–water partition coefficient (Wildman–Crippen LogP) is 2.84. The number of furan rings is 1. The summed E-state index contributed by atoms with van der Waals surface area (Å²) >= 11 is 0. The van der Waals surface area contributed by atoms with Gasteiger partial charge in [0.25, 0.3) is 5.91 Å². The molecule has 0 bridgehead atoms. The fraction of sp³-hybridized carbons (Fsp3) is 0.353. The molecular weight excluding hydrogens is 266 g/mol. The molecule has 0 saturated carbocycles. The quantitative estimate of drug-likeness (QED) is 0.919.